The van der Waals surface area contributed by atoms with Crippen LogP contribution in [0.3, 0.4) is 0 Å². The molecule has 0 N–H and O–H groups in total. The summed E-state index contributed by atoms with van der Waals surface area (Å²) in [4.78, 5) is 18.1. The number of ether oxygens (including phenoxy) is 2. The van der Waals surface area contributed by atoms with Crippen LogP contribution >= 0.6 is 0 Å². The van der Waals surface area contributed by atoms with Crippen LogP contribution in [0.25, 0.3) is 0 Å². The van der Waals surface area contributed by atoms with Gasteiger partial charge in [-0.25, -0.2) is 14.2 Å². The third-order valence-corrected chi connectivity index (χ3v) is 1.21. The molecule has 0 radical (unpaired) electrons. The van der Waals surface area contributed by atoms with Crippen molar-refractivity contribution in [3.63, 3.8) is 0 Å². The Morgan fingerprint density at radius 3 is 3.00 bits per heavy atom. The Hall–Kier alpha value is -1.72. The first-order valence-electron chi connectivity index (χ1n) is 3.37. The molecule has 0 aliphatic heterocycles. The Morgan fingerprint density at radius 2 is 2.38 bits per heavy atom. The molecule has 0 spiro atoms. The van der Waals surface area contributed by atoms with E-state index in [-0.39, 0.29) is 11.6 Å². The minimum absolute atomic E-state index is 0.0200. The third-order valence-electron chi connectivity index (χ3n) is 1.21. The predicted octanol–water partition coefficient (Wildman–Crippen LogP) is 0.569. The van der Waals surface area contributed by atoms with Gasteiger partial charge in [-0.1, -0.05) is 0 Å². The van der Waals surface area contributed by atoms with Gasteiger partial charge in [0, 0.05) is 0 Å². The van der Waals surface area contributed by atoms with Gasteiger partial charge in [0.2, 0.25) is 12.7 Å². The largest absolute Gasteiger partial charge is 0.464 e. The van der Waals surface area contributed by atoms with Gasteiger partial charge in [-0.15, -0.1) is 0 Å². The first-order chi connectivity index (χ1) is 6.27. The lowest BCUT2D eigenvalue weighted by Gasteiger charge is -2.00. The molecule has 6 heteroatoms. The fraction of sp³-hybridized carbons (Fsp3) is 0.286. The van der Waals surface area contributed by atoms with Gasteiger partial charge in [-0.3, -0.25) is 4.98 Å². The van der Waals surface area contributed by atoms with Crippen molar-refractivity contribution in [3.05, 3.63) is 18.1 Å². The zero-order valence-corrected chi connectivity index (χ0v) is 6.86. The van der Waals surface area contributed by atoms with Crippen LogP contribution in [0.2, 0.25) is 0 Å². The molecule has 0 aliphatic rings. The highest BCUT2D eigenvalue weighted by Gasteiger charge is 2.08. The van der Waals surface area contributed by atoms with Gasteiger partial charge in [0.15, 0.2) is 5.69 Å². The number of nitrogens with zero attached hydrogens (tertiary/aromatic N) is 2. The average molecular weight is 186 g/mol. The highest BCUT2D eigenvalue weighted by molar-refractivity contribution is 5.86. The van der Waals surface area contributed by atoms with E-state index < -0.39 is 12.8 Å². The molecule has 70 valence electrons. The smallest absolute Gasteiger partial charge is 0.358 e. The van der Waals surface area contributed by atoms with Crippen molar-refractivity contribution in [2.45, 2.75) is 0 Å². The van der Waals surface area contributed by atoms with E-state index in [1.54, 1.807) is 0 Å². The Morgan fingerprint density at radius 1 is 1.62 bits per heavy atom. The van der Waals surface area contributed by atoms with Gasteiger partial charge < -0.3 is 9.47 Å². The zero-order valence-electron chi connectivity index (χ0n) is 6.86. The van der Waals surface area contributed by atoms with E-state index in [0.29, 0.717) is 0 Å². The molecule has 0 unspecified atom stereocenters. The van der Waals surface area contributed by atoms with E-state index in [1.807, 2.05) is 0 Å². The minimum Gasteiger partial charge on any atom is -0.464 e. The summed E-state index contributed by atoms with van der Waals surface area (Å²) in [5.41, 5.74) is -0.0200. The Kier molecular flexibility index (Phi) is 3.13. The van der Waals surface area contributed by atoms with Gasteiger partial charge in [-0.05, 0) is 0 Å². The van der Waals surface area contributed by atoms with Crippen molar-refractivity contribution in [2.75, 3.05) is 14.0 Å². The Balaban J connectivity index is 2.85. The Labute approximate surface area is 73.5 Å². The lowest BCUT2D eigenvalue weighted by atomic mass is 10.4. The molecule has 0 amide bonds. The molecule has 0 saturated heterocycles. The van der Waals surface area contributed by atoms with E-state index in [1.165, 1.54) is 19.5 Å². The molecular formula is C7H7FN2O3. The highest BCUT2D eigenvalue weighted by Crippen LogP contribution is 2.05. The fourth-order valence-corrected chi connectivity index (χ4v) is 0.676. The van der Waals surface area contributed by atoms with Crippen LogP contribution in [0.1, 0.15) is 10.5 Å². The molecule has 0 bridgehead atoms. The summed E-state index contributed by atoms with van der Waals surface area (Å²) >= 11 is 0. The first kappa shape index (κ1) is 9.37. The number of halogens is 1. The van der Waals surface area contributed by atoms with Gasteiger partial charge in [0.05, 0.1) is 19.5 Å². The summed E-state index contributed by atoms with van der Waals surface area (Å²) in [7, 11) is 1.21. The zero-order chi connectivity index (χ0) is 9.68. The van der Waals surface area contributed by atoms with Gasteiger partial charge in [0.1, 0.15) is 0 Å². The SMILES string of the molecule is COC(=O)c1cncc(OCF)n1. The van der Waals surface area contributed by atoms with Gasteiger partial charge in [-0.2, -0.15) is 0 Å². The highest BCUT2D eigenvalue weighted by atomic mass is 19.1. The second-order valence-corrected chi connectivity index (χ2v) is 1.99. The predicted molar refractivity (Wildman–Crippen MR) is 40.0 cm³/mol. The number of hydrogen-bond donors (Lipinski definition) is 0. The van der Waals surface area contributed by atoms with E-state index >= 15 is 0 Å². The van der Waals surface area contributed by atoms with Crippen molar-refractivity contribution in [3.8, 4) is 5.88 Å². The van der Waals surface area contributed by atoms with Crippen LogP contribution in [0.15, 0.2) is 12.4 Å². The maximum absolute atomic E-state index is 11.7. The minimum atomic E-state index is -1.01. The second kappa shape index (κ2) is 4.34. The van der Waals surface area contributed by atoms with Crippen LogP contribution in [0.5, 0.6) is 5.88 Å². The second-order valence-electron chi connectivity index (χ2n) is 1.99. The molecule has 1 aromatic heterocycles. The molecule has 0 fully saturated rings. The molecule has 5 nitrogen and oxygen atoms in total. The van der Waals surface area contributed by atoms with Crippen molar-refractivity contribution >= 4 is 5.97 Å². The molecule has 1 aromatic rings. The van der Waals surface area contributed by atoms with Gasteiger partial charge >= 0.3 is 5.97 Å². The maximum atomic E-state index is 11.7. The monoisotopic (exact) mass is 186 g/mol. The van der Waals surface area contributed by atoms with E-state index in [0.717, 1.165) is 0 Å². The van der Waals surface area contributed by atoms with Crippen molar-refractivity contribution < 1.29 is 18.7 Å². The molecule has 1 rings (SSSR count). The summed E-state index contributed by atoms with van der Waals surface area (Å²) in [6.07, 6.45) is 2.41. The normalized spacial score (nSPS) is 9.38. The molecule has 1 heterocycles. The van der Waals surface area contributed by atoms with Crippen molar-refractivity contribution in [2.24, 2.45) is 0 Å². The number of carbonyl (C=O) groups is 1. The summed E-state index contributed by atoms with van der Waals surface area (Å²) in [6, 6.07) is 0. The number of methoxy groups -OCH3 is 1. The fourth-order valence-electron chi connectivity index (χ4n) is 0.676. The quantitative estimate of drug-likeness (QED) is 0.646. The van der Waals surface area contributed by atoms with Crippen LogP contribution in [-0.2, 0) is 4.74 Å². The van der Waals surface area contributed by atoms with Gasteiger partial charge in [0.25, 0.3) is 0 Å². The van der Waals surface area contributed by atoms with Crippen molar-refractivity contribution in [1.82, 2.24) is 9.97 Å². The van der Waals surface area contributed by atoms with Crippen LogP contribution in [-0.4, -0.2) is 29.9 Å². The van der Waals surface area contributed by atoms with Crippen LogP contribution in [0.4, 0.5) is 4.39 Å². The number of rotatable bonds is 3. The molecule has 0 saturated carbocycles. The first-order valence-corrected chi connectivity index (χ1v) is 3.37. The number of alkyl halides is 1. The average Bonchev–Trinajstić information content (AvgIpc) is 2.18. The van der Waals surface area contributed by atoms with E-state index in [9.17, 15) is 9.18 Å². The molecule has 0 atom stereocenters. The summed E-state index contributed by atoms with van der Waals surface area (Å²) in [5, 5.41) is 0. The molecule has 0 aromatic carbocycles. The van der Waals surface area contributed by atoms with Crippen LogP contribution in [0, 0.1) is 0 Å². The van der Waals surface area contributed by atoms with E-state index in [4.69, 9.17) is 0 Å². The Bertz CT molecular complexity index is 306. The number of hydrogen-bond acceptors (Lipinski definition) is 5. The third kappa shape index (κ3) is 2.36. The van der Waals surface area contributed by atoms with E-state index in [2.05, 4.69) is 19.4 Å². The maximum Gasteiger partial charge on any atom is 0.358 e. The number of carbonyl (C=O) groups excluding carboxylic acids is 1. The summed E-state index contributed by atoms with van der Waals surface area (Å²) < 4.78 is 20.5. The number of aromatic nitrogens is 2. The van der Waals surface area contributed by atoms with Crippen LogP contribution < -0.4 is 4.74 Å². The van der Waals surface area contributed by atoms with Crippen molar-refractivity contribution in [1.29, 1.82) is 0 Å². The topological polar surface area (TPSA) is 61.3 Å². The summed E-state index contributed by atoms with van der Waals surface area (Å²) in [6.45, 7) is -1.01. The molecule has 0 aliphatic carbocycles. The lowest BCUT2D eigenvalue weighted by Crippen LogP contribution is -2.06. The standard InChI is InChI=1S/C7H7FN2O3/c1-12-7(11)5-2-9-3-6(10-5)13-4-8/h2-3H,4H2,1H3. The summed E-state index contributed by atoms with van der Waals surface area (Å²) in [5.74, 6) is -0.692. The number of esters is 1. The lowest BCUT2D eigenvalue weighted by molar-refractivity contribution is 0.0591. The molecule has 13 heavy (non-hydrogen) atoms. The molecular weight excluding hydrogens is 179 g/mol.